The first-order chi connectivity index (χ1) is 8.28. The smallest absolute Gasteiger partial charge is 0.336 e. The van der Waals surface area contributed by atoms with E-state index in [4.69, 9.17) is 16.7 Å². The maximum Gasteiger partial charge on any atom is 0.336 e. The lowest BCUT2D eigenvalue weighted by Crippen LogP contribution is -2.41. The molecule has 0 fully saturated rings. The molecule has 0 aliphatic rings. The molecular formula is C12H14ClNO3S. The number of nitrogens with one attached hydrogen (secondary N) is 1. The number of benzene rings is 1. The molecule has 6 heteroatoms. The zero-order chi connectivity index (χ0) is 13.9. The van der Waals surface area contributed by atoms with Gasteiger partial charge in [-0.3, -0.25) is 4.79 Å². The van der Waals surface area contributed by atoms with Gasteiger partial charge >= 0.3 is 5.97 Å². The first kappa shape index (κ1) is 14.9. The van der Waals surface area contributed by atoms with Gasteiger partial charge in [-0.25, -0.2) is 4.79 Å². The number of hydrogen-bond acceptors (Lipinski definition) is 3. The second-order valence-corrected chi connectivity index (χ2v) is 5.44. The summed E-state index contributed by atoms with van der Waals surface area (Å²) in [6.07, 6.45) is 0.592. The lowest BCUT2D eigenvalue weighted by molar-refractivity contribution is 0.0690. The summed E-state index contributed by atoms with van der Waals surface area (Å²) in [4.78, 5) is 22.4. The average Bonchev–Trinajstić information content (AvgIpc) is 2.27. The molecule has 1 amide bonds. The van der Waals surface area contributed by atoms with Crippen molar-refractivity contribution >= 4 is 36.1 Å². The van der Waals surface area contributed by atoms with E-state index in [2.05, 4.69) is 17.9 Å². The van der Waals surface area contributed by atoms with Crippen molar-refractivity contribution in [2.24, 2.45) is 0 Å². The van der Waals surface area contributed by atoms with Crippen LogP contribution in [0.15, 0.2) is 18.2 Å². The summed E-state index contributed by atoms with van der Waals surface area (Å²) in [6.45, 7) is 3.59. The standard InChI is InChI=1S/C12H14ClNO3S/c1-3-12(2,18)14-10(15)9-7(11(16)17)5-4-6-8(9)13/h4-6,18H,3H2,1-2H3,(H,14,15)(H,16,17). The van der Waals surface area contributed by atoms with Crippen LogP contribution in [-0.2, 0) is 0 Å². The van der Waals surface area contributed by atoms with Crippen LogP contribution >= 0.6 is 24.2 Å². The molecule has 1 atom stereocenters. The van der Waals surface area contributed by atoms with Gasteiger partial charge in [-0.2, -0.15) is 12.6 Å². The van der Waals surface area contributed by atoms with E-state index in [1.165, 1.54) is 18.2 Å². The van der Waals surface area contributed by atoms with Crippen LogP contribution in [0.2, 0.25) is 5.02 Å². The van der Waals surface area contributed by atoms with Crippen molar-refractivity contribution in [2.75, 3.05) is 0 Å². The molecular weight excluding hydrogens is 274 g/mol. The number of amides is 1. The SMILES string of the molecule is CCC(C)(S)NC(=O)c1c(Cl)cccc1C(=O)O. The minimum absolute atomic E-state index is 0.0413. The van der Waals surface area contributed by atoms with Crippen LogP contribution in [-0.4, -0.2) is 21.9 Å². The number of carboxylic acid groups (broad SMARTS) is 1. The summed E-state index contributed by atoms with van der Waals surface area (Å²) < 4.78 is 0. The van der Waals surface area contributed by atoms with Crippen LogP contribution in [0, 0.1) is 0 Å². The van der Waals surface area contributed by atoms with Crippen LogP contribution in [0.4, 0.5) is 0 Å². The van der Waals surface area contributed by atoms with E-state index in [9.17, 15) is 9.59 Å². The normalized spacial score (nSPS) is 13.8. The van der Waals surface area contributed by atoms with Gasteiger partial charge < -0.3 is 10.4 Å². The van der Waals surface area contributed by atoms with Gasteiger partial charge in [0.05, 0.1) is 21.0 Å². The molecule has 0 aliphatic carbocycles. The maximum atomic E-state index is 12.1. The zero-order valence-corrected chi connectivity index (χ0v) is 11.7. The summed E-state index contributed by atoms with van der Waals surface area (Å²) in [6, 6.07) is 4.30. The third-order valence-corrected chi connectivity index (χ3v) is 3.29. The molecule has 0 aliphatic heterocycles. The molecule has 1 aromatic carbocycles. The molecule has 18 heavy (non-hydrogen) atoms. The zero-order valence-electron chi connectivity index (χ0n) is 10.0. The predicted molar refractivity (Wildman–Crippen MR) is 73.6 cm³/mol. The first-order valence-electron chi connectivity index (χ1n) is 5.35. The van der Waals surface area contributed by atoms with Crippen LogP contribution in [0.25, 0.3) is 0 Å². The van der Waals surface area contributed by atoms with Gasteiger partial charge in [0.1, 0.15) is 0 Å². The fraction of sp³-hybridized carbons (Fsp3) is 0.333. The molecule has 0 bridgehead atoms. The number of carbonyl (C=O) groups excluding carboxylic acids is 1. The summed E-state index contributed by atoms with van der Waals surface area (Å²) in [7, 11) is 0. The second kappa shape index (κ2) is 5.63. The van der Waals surface area contributed by atoms with E-state index in [0.29, 0.717) is 6.42 Å². The number of halogens is 1. The Kier molecular flexibility index (Phi) is 4.65. The van der Waals surface area contributed by atoms with E-state index in [1.807, 2.05) is 6.92 Å². The van der Waals surface area contributed by atoms with Crippen molar-refractivity contribution < 1.29 is 14.7 Å². The molecule has 0 spiro atoms. The van der Waals surface area contributed by atoms with E-state index < -0.39 is 16.7 Å². The molecule has 1 unspecified atom stereocenters. The number of aromatic carboxylic acids is 1. The molecule has 0 radical (unpaired) electrons. The van der Waals surface area contributed by atoms with Gasteiger partial charge in [0, 0.05) is 0 Å². The Morgan fingerprint density at radius 1 is 1.50 bits per heavy atom. The van der Waals surface area contributed by atoms with Crippen molar-refractivity contribution in [2.45, 2.75) is 25.1 Å². The molecule has 0 heterocycles. The monoisotopic (exact) mass is 287 g/mol. The minimum atomic E-state index is -1.19. The molecule has 4 nitrogen and oxygen atoms in total. The van der Waals surface area contributed by atoms with Crippen LogP contribution in [0.1, 0.15) is 41.0 Å². The van der Waals surface area contributed by atoms with Crippen molar-refractivity contribution in [1.29, 1.82) is 0 Å². The topological polar surface area (TPSA) is 66.4 Å². The lowest BCUT2D eigenvalue weighted by Gasteiger charge is -2.24. The van der Waals surface area contributed by atoms with Crippen LogP contribution in [0.3, 0.4) is 0 Å². The third kappa shape index (κ3) is 3.40. The molecule has 1 rings (SSSR count). The number of rotatable bonds is 4. The van der Waals surface area contributed by atoms with Crippen LogP contribution < -0.4 is 5.32 Å². The van der Waals surface area contributed by atoms with Gasteiger partial charge in [0.2, 0.25) is 0 Å². The Morgan fingerprint density at radius 2 is 2.11 bits per heavy atom. The Balaban J connectivity index is 3.17. The highest BCUT2D eigenvalue weighted by atomic mass is 35.5. The Hall–Kier alpha value is -1.20. The molecule has 0 aromatic heterocycles. The quantitative estimate of drug-likeness (QED) is 0.589. The molecule has 0 saturated carbocycles. The molecule has 98 valence electrons. The van der Waals surface area contributed by atoms with Crippen molar-refractivity contribution in [3.63, 3.8) is 0 Å². The lowest BCUT2D eigenvalue weighted by atomic mass is 10.1. The van der Waals surface area contributed by atoms with Gasteiger partial charge in [-0.05, 0) is 25.5 Å². The van der Waals surface area contributed by atoms with E-state index in [1.54, 1.807) is 6.92 Å². The average molecular weight is 288 g/mol. The maximum absolute atomic E-state index is 12.1. The van der Waals surface area contributed by atoms with E-state index >= 15 is 0 Å². The summed E-state index contributed by atoms with van der Waals surface area (Å²) in [5.74, 6) is -1.74. The fourth-order valence-corrected chi connectivity index (χ4v) is 1.69. The van der Waals surface area contributed by atoms with Gasteiger partial charge in [-0.15, -0.1) is 0 Å². The van der Waals surface area contributed by atoms with Gasteiger partial charge in [0.25, 0.3) is 5.91 Å². The fourth-order valence-electron chi connectivity index (χ4n) is 1.33. The summed E-state index contributed by atoms with van der Waals surface area (Å²) in [5, 5.41) is 11.8. The highest BCUT2D eigenvalue weighted by molar-refractivity contribution is 7.81. The van der Waals surface area contributed by atoms with Crippen LogP contribution in [0.5, 0.6) is 0 Å². The number of carbonyl (C=O) groups is 2. The number of hydrogen-bond donors (Lipinski definition) is 3. The van der Waals surface area contributed by atoms with E-state index in [-0.39, 0.29) is 16.1 Å². The molecule has 1 aromatic rings. The number of carboxylic acids is 1. The Labute approximate surface area is 116 Å². The van der Waals surface area contributed by atoms with E-state index in [0.717, 1.165) is 0 Å². The third-order valence-electron chi connectivity index (χ3n) is 2.54. The Bertz CT molecular complexity index is 488. The Morgan fingerprint density at radius 3 is 2.61 bits per heavy atom. The van der Waals surface area contributed by atoms with Crippen molar-refractivity contribution in [3.05, 3.63) is 34.3 Å². The van der Waals surface area contributed by atoms with Gasteiger partial charge in [-0.1, -0.05) is 24.6 Å². The largest absolute Gasteiger partial charge is 0.478 e. The van der Waals surface area contributed by atoms with Crippen molar-refractivity contribution in [3.8, 4) is 0 Å². The minimum Gasteiger partial charge on any atom is -0.478 e. The highest BCUT2D eigenvalue weighted by Crippen LogP contribution is 2.22. The first-order valence-corrected chi connectivity index (χ1v) is 6.17. The predicted octanol–water partition coefficient (Wildman–Crippen LogP) is 2.82. The second-order valence-electron chi connectivity index (χ2n) is 4.05. The molecule has 0 saturated heterocycles. The number of thiol groups is 1. The van der Waals surface area contributed by atoms with Crippen molar-refractivity contribution in [1.82, 2.24) is 5.32 Å². The summed E-state index contributed by atoms with van der Waals surface area (Å²) >= 11 is 10.2. The van der Waals surface area contributed by atoms with Gasteiger partial charge in [0.15, 0.2) is 0 Å². The molecule has 2 N–H and O–H groups in total. The summed E-state index contributed by atoms with van der Waals surface area (Å²) in [5.41, 5.74) is -0.166. The highest BCUT2D eigenvalue weighted by Gasteiger charge is 2.25.